The summed E-state index contributed by atoms with van der Waals surface area (Å²) in [4.78, 5) is 0. The zero-order valence-electron chi connectivity index (χ0n) is 12.3. The predicted octanol–water partition coefficient (Wildman–Crippen LogP) is 3.56. The lowest BCUT2D eigenvalue weighted by molar-refractivity contribution is 0.327. The topological polar surface area (TPSA) is 24.1 Å². The van der Waals surface area contributed by atoms with Gasteiger partial charge in [-0.3, -0.25) is 0 Å². The highest BCUT2D eigenvalue weighted by Crippen LogP contribution is 2.41. The second-order valence-electron chi connectivity index (χ2n) is 6.24. The molecule has 108 valence electrons. The summed E-state index contributed by atoms with van der Waals surface area (Å²) in [5.41, 5.74) is 4.31. The molecule has 0 aliphatic carbocycles. The van der Waals surface area contributed by atoms with Crippen molar-refractivity contribution in [2.45, 2.75) is 37.3 Å². The van der Waals surface area contributed by atoms with E-state index in [1.807, 2.05) is 0 Å². The van der Waals surface area contributed by atoms with Crippen molar-refractivity contribution in [1.29, 1.82) is 0 Å². The van der Waals surface area contributed by atoms with E-state index in [2.05, 4.69) is 65.2 Å². The summed E-state index contributed by atoms with van der Waals surface area (Å²) in [5.74, 6) is 0.684. The Morgan fingerprint density at radius 3 is 2.67 bits per heavy atom. The van der Waals surface area contributed by atoms with Crippen LogP contribution in [0.1, 0.15) is 29.9 Å². The lowest BCUT2D eigenvalue weighted by Crippen LogP contribution is -2.50. The number of aryl methyl sites for hydroxylation is 1. The van der Waals surface area contributed by atoms with Gasteiger partial charge in [-0.25, -0.2) is 0 Å². The van der Waals surface area contributed by atoms with Gasteiger partial charge in [0, 0.05) is 23.7 Å². The largest absolute Gasteiger partial charge is 0.380 e. The van der Waals surface area contributed by atoms with Crippen molar-refractivity contribution in [3.63, 3.8) is 0 Å². The van der Waals surface area contributed by atoms with Gasteiger partial charge in [0.1, 0.15) is 0 Å². The molecule has 2 aliphatic heterocycles. The number of nitrogens with one attached hydrogen (secondary N) is 2. The van der Waals surface area contributed by atoms with Gasteiger partial charge in [0.2, 0.25) is 0 Å². The standard InChI is InChI=1S/C19H22N2/c1-2-6-14(7-3-1)10-11-18-19-16(12-13-20-18)15-8-4-5-9-17(15)21-19/h1-9,16,18-21H,10-13H2. The van der Waals surface area contributed by atoms with Gasteiger partial charge >= 0.3 is 0 Å². The van der Waals surface area contributed by atoms with Crippen LogP contribution >= 0.6 is 0 Å². The molecule has 4 rings (SSSR count). The molecule has 2 N–H and O–H groups in total. The van der Waals surface area contributed by atoms with E-state index >= 15 is 0 Å². The van der Waals surface area contributed by atoms with Gasteiger partial charge in [-0.15, -0.1) is 0 Å². The van der Waals surface area contributed by atoms with Crippen molar-refractivity contribution in [2.24, 2.45) is 0 Å². The van der Waals surface area contributed by atoms with Crippen LogP contribution in [0.25, 0.3) is 0 Å². The van der Waals surface area contributed by atoms with Crippen LogP contribution in [0.15, 0.2) is 54.6 Å². The van der Waals surface area contributed by atoms with E-state index in [1.165, 1.54) is 29.7 Å². The van der Waals surface area contributed by atoms with E-state index < -0.39 is 0 Å². The third-order valence-corrected chi connectivity index (χ3v) is 5.00. The van der Waals surface area contributed by atoms with Gasteiger partial charge in [0.25, 0.3) is 0 Å². The molecule has 2 heteroatoms. The number of anilines is 1. The Balaban J connectivity index is 1.48. The van der Waals surface area contributed by atoms with Gasteiger partial charge in [-0.2, -0.15) is 0 Å². The SMILES string of the molecule is c1ccc(CCC2NCCC3c4ccccc4NC23)cc1. The minimum Gasteiger partial charge on any atom is -0.380 e. The van der Waals surface area contributed by atoms with Crippen molar-refractivity contribution in [2.75, 3.05) is 11.9 Å². The Hall–Kier alpha value is -1.80. The van der Waals surface area contributed by atoms with E-state index in [0.717, 1.165) is 13.0 Å². The molecule has 0 saturated carbocycles. The van der Waals surface area contributed by atoms with Crippen LogP contribution < -0.4 is 10.6 Å². The Morgan fingerprint density at radius 1 is 0.952 bits per heavy atom. The number of fused-ring (bicyclic) bond motifs is 3. The quantitative estimate of drug-likeness (QED) is 0.897. The van der Waals surface area contributed by atoms with Crippen LogP contribution in [0.5, 0.6) is 0 Å². The van der Waals surface area contributed by atoms with E-state index in [9.17, 15) is 0 Å². The molecule has 2 aliphatic rings. The first-order chi connectivity index (χ1) is 10.4. The molecule has 0 radical (unpaired) electrons. The zero-order chi connectivity index (χ0) is 14.1. The second-order valence-corrected chi connectivity index (χ2v) is 6.24. The highest BCUT2D eigenvalue weighted by atomic mass is 15.1. The molecule has 2 aromatic rings. The first kappa shape index (κ1) is 12.9. The smallest absolute Gasteiger partial charge is 0.0484 e. The summed E-state index contributed by atoms with van der Waals surface area (Å²) < 4.78 is 0. The normalized spacial score (nSPS) is 26.8. The Labute approximate surface area is 126 Å². The molecule has 0 bridgehead atoms. The van der Waals surface area contributed by atoms with Gasteiger partial charge < -0.3 is 10.6 Å². The summed E-state index contributed by atoms with van der Waals surface area (Å²) in [7, 11) is 0. The molecule has 3 atom stereocenters. The molecule has 3 unspecified atom stereocenters. The van der Waals surface area contributed by atoms with Crippen molar-refractivity contribution in [1.82, 2.24) is 5.32 Å². The van der Waals surface area contributed by atoms with Crippen LogP contribution in [-0.2, 0) is 6.42 Å². The summed E-state index contributed by atoms with van der Waals surface area (Å²) in [6.07, 6.45) is 3.60. The summed E-state index contributed by atoms with van der Waals surface area (Å²) in [5, 5.41) is 7.49. The predicted molar refractivity (Wildman–Crippen MR) is 87.8 cm³/mol. The maximum absolute atomic E-state index is 3.76. The average molecular weight is 278 g/mol. The number of hydrogen-bond acceptors (Lipinski definition) is 2. The minimum absolute atomic E-state index is 0.555. The fourth-order valence-corrected chi connectivity index (χ4v) is 3.94. The average Bonchev–Trinajstić information content (AvgIpc) is 2.93. The van der Waals surface area contributed by atoms with E-state index in [-0.39, 0.29) is 0 Å². The lowest BCUT2D eigenvalue weighted by Gasteiger charge is -2.35. The number of para-hydroxylation sites is 1. The molecule has 0 amide bonds. The highest BCUT2D eigenvalue weighted by Gasteiger charge is 2.39. The van der Waals surface area contributed by atoms with Crippen LogP contribution in [-0.4, -0.2) is 18.6 Å². The van der Waals surface area contributed by atoms with E-state index in [1.54, 1.807) is 0 Å². The van der Waals surface area contributed by atoms with E-state index in [4.69, 9.17) is 0 Å². The first-order valence-corrected chi connectivity index (χ1v) is 8.04. The van der Waals surface area contributed by atoms with Crippen LogP contribution in [0.4, 0.5) is 5.69 Å². The molecule has 2 heterocycles. The number of hydrogen-bond donors (Lipinski definition) is 2. The van der Waals surface area contributed by atoms with Gasteiger partial charge in [-0.1, -0.05) is 48.5 Å². The van der Waals surface area contributed by atoms with Crippen molar-refractivity contribution in [3.05, 3.63) is 65.7 Å². The molecule has 1 fully saturated rings. The summed E-state index contributed by atoms with van der Waals surface area (Å²) in [6, 6.07) is 20.8. The third kappa shape index (κ3) is 2.44. The van der Waals surface area contributed by atoms with Crippen molar-refractivity contribution in [3.8, 4) is 0 Å². The lowest BCUT2D eigenvalue weighted by atomic mass is 9.83. The molecule has 1 saturated heterocycles. The molecular formula is C19H22N2. The van der Waals surface area contributed by atoms with Crippen LogP contribution in [0.2, 0.25) is 0 Å². The molecule has 0 aromatic heterocycles. The molecule has 21 heavy (non-hydrogen) atoms. The van der Waals surface area contributed by atoms with Gasteiger partial charge in [0.15, 0.2) is 0 Å². The second kappa shape index (κ2) is 5.53. The van der Waals surface area contributed by atoms with Gasteiger partial charge in [0.05, 0.1) is 0 Å². The van der Waals surface area contributed by atoms with Crippen LogP contribution in [0, 0.1) is 0 Å². The maximum atomic E-state index is 3.76. The minimum atomic E-state index is 0.555. The number of benzene rings is 2. The number of piperidine rings is 1. The summed E-state index contributed by atoms with van der Waals surface area (Å²) >= 11 is 0. The van der Waals surface area contributed by atoms with Gasteiger partial charge in [-0.05, 0) is 43.0 Å². The molecule has 0 spiro atoms. The highest BCUT2D eigenvalue weighted by molar-refractivity contribution is 5.60. The first-order valence-electron chi connectivity index (χ1n) is 8.04. The Bertz CT molecular complexity index is 608. The van der Waals surface area contributed by atoms with Crippen molar-refractivity contribution >= 4 is 5.69 Å². The Kier molecular flexibility index (Phi) is 3.40. The van der Waals surface area contributed by atoms with Crippen molar-refractivity contribution < 1.29 is 0 Å². The zero-order valence-corrected chi connectivity index (χ0v) is 12.3. The van der Waals surface area contributed by atoms with E-state index in [0.29, 0.717) is 18.0 Å². The maximum Gasteiger partial charge on any atom is 0.0484 e. The Morgan fingerprint density at radius 2 is 1.76 bits per heavy atom. The number of rotatable bonds is 3. The summed E-state index contributed by atoms with van der Waals surface area (Å²) in [6.45, 7) is 1.14. The molecule has 2 aromatic carbocycles. The fraction of sp³-hybridized carbons (Fsp3) is 0.368. The molecule has 2 nitrogen and oxygen atoms in total. The fourth-order valence-electron chi connectivity index (χ4n) is 3.94. The monoisotopic (exact) mass is 278 g/mol. The third-order valence-electron chi connectivity index (χ3n) is 5.00. The van der Waals surface area contributed by atoms with Crippen LogP contribution in [0.3, 0.4) is 0 Å². The molecular weight excluding hydrogens is 256 g/mol.